The molecule has 1 heterocycles. The number of carboxylic acid groups (broad SMARTS) is 1. The van der Waals surface area contributed by atoms with Crippen LogP contribution in [0.4, 0.5) is 5.69 Å². The standard InChI is InChI=1S/C22H21ClN6O5.CH4/c23-17-9-16(34-21(33)12-1-4-14(5-2-12)28-22(24)25)6-3-13(17)7-19(30)29-18(20(31)32)8-15-10-26-11-27-15;/h1-6,9-11,18H,7-8H2,(H,26,27)(H,29,30)(H,31,32)(H4,24,25,28);1H4/t18-;/m0./s1. The molecule has 11 nitrogen and oxygen atoms in total. The number of ether oxygens (including phenoxy) is 1. The van der Waals surface area contributed by atoms with Crippen molar-refractivity contribution in [1.29, 1.82) is 0 Å². The molecule has 0 fully saturated rings. The van der Waals surface area contributed by atoms with E-state index in [9.17, 15) is 19.5 Å². The van der Waals surface area contributed by atoms with Crippen molar-refractivity contribution in [2.75, 3.05) is 0 Å². The second-order valence-electron chi connectivity index (χ2n) is 7.14. The van der Waals surface area contributed by atoms with E-state index in [-0.39, 0.29) is 42.6 Å². The Labute approximate surface area is 206 Å². The summed E-state index contributed by atoms with van der Waals surface area (Å²) in [5.74, 6) is -2.26. The topological polar surface area (TPSA) is 186 Å². The Kier molecular flexibility index (Phi) is 9.36. The number of nitrogens with two attached hydrogens (primary N) is 2. The summed E-state index contributed by atoms with van der Waals surface area (Å²) in [6.07, 6.45) is 2.80. The molecule has 0 bridgehead atoms. The van der Waals surface area contributed by atoms with Crippen molar-refractivity contribution >= 4 is 41.1 Å². The zero-order valence-corrected chi connectivity index (χ0v) is 18.5. The van der Waals surface area contributed by atoms with E-state index in [0.29, 0.717) is 16.9 Å². The van der Waals surface area contributed by atoms with Crippen LogP contribution in [0.2, 0.25) is 5.02 Å². The van der Waals surface area contributed by atoms with E-state index < -0.39 is 23.9 Å². The molecule has 1 aromatic heterocycles. The third-order valence-corrected chi connectivity index (χ3v) is 4.91. The highest BCUT2D eigenvalue weighted by molar-refractivity contribution is 6.31. The SMILES string of the molecule is C.NC(N)=Nc1ccc(C(=O)Oc2ccc(CC(=O)N[C@@H](Cc3cnc[nH]3)C(=O)O)c(Cl)c2)cc1. The van der Waals surface area contributed by atoms with Crippen LogP contribution in [0.25, 0.3) is 0 Å². The van der Waals surface area contributed by atoms with Gasteiger partial charge in [-0.05, 0) is 42.0 Å². The van der Waals surface area contributed by atoms with Gasteiger partial charge in [-0.15, -0.1) is 0 Å². The van der Waals surface area contributed by atoms with Crippen molar-refractivity contribution in [3.8, 4) is 5.75 Å². The molecule has 0 radical (unpaired) electrons. The molecule has 184 valence electrons. The number of nitrogens with zero attached hydrogens (tertiary/aromatic N) is 2. The van der Waals surface area contributed by atoms with E-state index >= 15 is 0 Å². The minimum atomic E-state index is -1.18. The second-order valence-corrected chi connectivity index (χ2v) is 7.55. The molecule has 0 aliphatic rings. The molecule has 0 aliphatic heterocycles. The van der Waals surface area contributed by atoms with E-state index in [1.54, 1.807) is 12.1 Å². The molecule has 2 aromatic carbocycles. The van der Waals surface area contributed by atoms with Gasteiger partial charge in [0.2, 0.25) is 5.91 Å². The number of carbonyl (C=O) groups excluding carboxylic acids is 2. The fourth-order valence-electron chi connectivity index (χ4n) is 2.96. The highest BCUT2D eigenvalue weighted by Gasteiger charge is 2.21. The minimum absolute atomic E-state index is 0. The van der Waals surface area contributed by atoms with Gasteiger partial charge in [0.05, 0.1) is 24.0 Å². The number of aliphatic imine (C=N–C) groups is 1. The number of guanidine groups is 1. The van der Waals surface area contributed by atoms with E-state index in [2.05, 4.69) is 20.3 Å². The fourth-order valence-corrected chi connectivity index (χ4v) is 3.19. The lowest BCUT2D eigenvalue weighted by molar-refractivity contribution is -0.141. The predicted molar refractivity (Wildman–Crippen MR) is 131 cm³/mol. The van der Waals surface area contributed by atoms with Crippen LogP contribution in [0.3, 0.4) is 0 Å². The molecule has 1 amide bonds. The van der Waals surface area contributed by atoms with Crippen LogP contribution in [0.1, 0.15) is 29.0 Å². The average molecular weight is 501 g/mol. The van der Waals surface area contributed by atoms with Crippen molar-refractivity contribution < 1.29 is 24.2 Å². The van der Waals surface area contributed by atoms with Gasteiger partial charge < -0.3 is 31.6 Å². The van der Waals surface area contributed by atoms with Crippen molar-refractivity contribution in [2.45, 2.75) is 26.3 Å². The molecule has 0 saturated carbocycles. The second kappa shape index (κ2) is 12.2. The van der Waals surface area contributed by atoms with Crippen LogP contribution >= 0.6 is 11.6 Å². The summed E-state index contributed by atoms with van der Waals surface area (Å²) >= 11 is 6.25. The molecule has 35 heavy (non-hydrogen) atoms. The lowest BCUT2D eigenvalue weighted by atomic mass is 10.1. The highest BCUT2D eigenvalue weighted by Crippen LogP contribution is 2.24. The zero-order valence-electron chi connectivity index (χ0n) is 17.7. The minimum Gasteiger partial charge on any atom is -0.480 e. The van der Waals surface area contributed by atoms with E-state index in [0.717, 1.165) is 0 Å². The van der Waals surface area contributed by atoms with Crippen LogP contribution < -0.4 is 21.5 Å². The number of carboxylic acids is 1. The summed E-state index contributed by atoms with van der Waals surface area (Å²) in [6.45, 7) is 0. The van der Waals surface area contributed by atoms with Crippen molar-refractivity contribution in [2.24, 2.45) is 16.5 Å². The summed E-state index contributed by atoms with van der Waals surface area (Å²) < 4.78 is 5.32. The normalized spacial score (nSPS) is 11.0. The third kappa shape index (κ3) is 7.86. The Hall–Kier alpha value is -4.38. The van der Waals surface area contributed by atoms with Crippen molar-refractivity contribution in [3.63, 3.8) is 0 Å². The lowest BCUT2D eigenvalue weighted by Gasteiger charge is -2.14. The summed E-state index contributed by atoms with van der Waals surface area (Å²) in [5, 5.41) is 12.0. The number of H-pyrrole nitrogens is 1. The van der Waals surface area contributed by atoms with Gasteiger partial charge in [0, 0.05) is 23.3 Å². The van der Waals surface area contributed by atoms with E-state index in [1.165, 1.54) is 42.9 Å². The highest BCUT2D eigenvalue weighted by atomic mass is 35.5. The van der Waals surface area contributed by atoms with Crippen LogP contribution in [0.15, 0.2) is 60.0 Å². The van der Waals surface area contributed by atoms with Crippen molar-refractivity contribution in [3.05, 3.63) is 76.8 Å². The number of rotatable bonds is 9. The first-order valence-corrected chi connectivity index (χ1v) is 10.3. The molecule has 0 saturated heterocycles. The van der Waals surface area contributed by atoms with Crippen LogP contribution in [-0.2, 0) is 22.4 Å². The number of hydrogen-bond donors (Lipinski definition) is 5. The molecule has 0 aliphatic carbocycles. The van der Waals surface area contributed by atoms with Gasteiger partial charge in [0.15, 0.2) is 5.96 Å². The predicted octanol–water partition coefficient (Wildman–Crippen LogP) is 2.18. The number of esters is 1. The lowest BCUT2D eigenvalue weighted by Crippen LogP contribution is -2.43. The maximum absolute atomic E-state index is 12.4. The molecule has 12 heteroatoms. The van der Waals surface area contributed by atoms with Gasteiger partial charge in [-0.25, -0.2) is 19.6 Å². The molecule has 3 aromatic rings. The van der Waals surface area contributed by atoms with Crippen LogP contribution in [-0.4, -0.2) is 44.9 Å². The molecular formula is C23H25ClN6O5. The van der Waals surface area contributed by atoms with Crippen LogP contribution in [0, 0.1) is 0 Å². The Balaban J connectivity index is 0.00000432. The number of aromatic amines is 1. The largest absolute Gasteiger partial charge is 0.480 e. The molecule has 0 unspecified atom stereocenters. The first kappa shape index (κ1) is 26.9. The van der Waals surface area contributed by atoms with E-state index in [4.69, 9.17) is 27.8 Å². The number of aliphatic carboxylic acids is 1. The number of imidazole rings is 1. The number of benzene rings is 2. The number of amides is 1. The number of hydrogen-bond acceptors (Lipinski definition) is 6. The molecule has 0 spiro atoms. The van der Waals surface area contributed by atoms with Gasteiger partial charge in [-0.2, -0.15) is 0 Å². The summed E-state index contributed by atoms with van der Waals surface area (Å²) in [7, 11) is 0. The van der Waals surface area contributed by atoms with Gasteiger partial charge in [-0.3, -0.25) is 4.79 Å². The van der Waals surface area contributed by atoms with Gasteiger partial charge >= 0.3 is 11.9 Å². The smallest absolute Gasteiger partial charge is 0.343 e. The van der Waals surface area contributed by atoms with Crippen LogP contribution in [0.5, 0.6) is 5.75 Å². The number of nitrogens with one attached hydrogen (secondary N) is 2. The number of carbonyl (C=O) groups is 3. The maximum atomic E-state index is 12.4. The Bertz CT molecular complexity index is 1210. The van der Waals surface area contributed by atoms with Gasteiger partial charge in [0.25, 0.3) is 0 Å². The van der Waals surface area contributed by atoms with E-state index in [1.807, 2.05) is 0 Å². The number of halogens is 1. The maximum Gasteiger partial charge on any atom is 0.343 e. The summed E-state index contributed by atoms with van der Waals surface area (Å²) in [5.41, 5.74) is 12.4. The number of aromatic nitrogens is 2. The quantitative estimate of drug-likeness (QED) is 0.128. The Morgan fingerprint density at radius 1 is 1.17 bits per heavy atom. The molecule has 3 rings (SSSR count). The molecular weight excluding hydrogens is 476 g/mol. The first-order valence-electron chi connectivity index (χ1n) is 9.91. The fraction of sp³-hybridized carbons (Fsp3) is 0.174. The molecule has 7 N–H and O–H groups in total. The molecule has 1 atom stereocenters. The summed E-state index contributed by atoms with van der Waals surface area (Å²) in [4.78, 5) is 46.7. The monoisotopic (exact) mass is 500 g/mol. The Morgan fingerprint density at radius 2 is 1.89 bits per heavy atom. The first-order chi connectivity index (χ1) is 16.2. The van der Waals surface area contributed by atoms with Gasteiger partial charge in [-0.1, -0.05) is 25.1 Å². The summed E-state index contributed by atoms with van der Waals surface area (Å²) in [6, 6.07) is 9.40. The average Bonchev–Trinajstić information content (AvgIpc) is 3.28. The zero-order chi connectivity index (χ0) is 24.7. The Morgan fingerprint density at radius 3 is 2.46 bits per heavy atom. The van der Waals surface area contributed by atoms with Gasteiger partial charge in [0.1, 0.15) is 11.8 Å². The third-order valence-electron chi connectivity index (χ3n) is 4.56. The van der Waals surface area contributed by atoms with Crippen molar-refractivity contribution in [1.82, 2.24) is 15.3 Å².